The molecule has 1 fully saturated rings. The van der Waals surface area contributed by atoms with Crippen LogP contribution in [-0.2, 0) is 0 Å². The van der Waals surface area contributed by atoms with E-state index in [0.29, 0.717) is 23.4 Å². The highest BCUT2D eigenvalue weighted by atomic mass is 19.4. The predicted molar refractivity (Wildman–Crippen MR) is 112 cm³/mol. The largest absolute Gasteiger partial charge is 0.444 e. The SMILES string of the molecule is Cc1nn2ccc(N3CCC[C@@H]3C(F)(F)F)nc2c1C(=O)Nc1cc(-c2cnco2)ccn1. The van der Waals surface area contributed by atoms with Gasteiger partial charge < -0.3 is 14.6 Å². The Balaban J connectivity index is 1.47. The fraction of sp³-hybridized carbons (Fsp3) is 0.286. The Hall–Kier alpha value is -3.96. The Bertz CT molecular complexity index is 1320. The maximum Gasteiger partial charge on any atom is 0.408 e. The summed E-state index contributed by atoms with van der Waals surface area (Å²) in [5.74, 6) is 0.404. The molecule has 1 saturated heterocycles. The first-order valence-electron chi connectivity index (χ1n) is 10.2. The quantitative estimate of drug-likeness (QED) is 0.496. The third-order valence-corrected chi connectivity index (χ3v) is 5.52. The van der Waals surface area contributed by atoms with Gasteiger partial charge in [-0.2, -0.15) is 18.3 Å². The van der Waals surface area contributed by atoms with Gasteiger partial charge in [-0.05, 0) is 38.0 Å². The average Bonchev–Trinajstić information content (AvgIpc) is 3.52. The number of pyridine rings is 1. The van der Waals surface area contributed by atoms with Crippen molar-refractivity contribution in [3.05, 3.63) is 54.4 Å². The van der Waals surface area contributed by atoms with Crippen LogP contribution in [0.4, 0.5) is 24.8 Å². The normalized spacial score (nSPS) is 16.5. The van der Waals surface area contributed by atoms with E-state index in [1.165, 1.54) is 40.5 Å². The number of halogens is 3. The van der Waals surface area contributed by atoms with Crippen molar-refractivity contribution in [1.82, 2.24) is 24.6 Å². The summed E-state index contributed by atoms with van der Waals surface area (Å²) in [6.45, 7) is 1.87. The molecule has 9 nitrogen and oxygen atoms in total. The van der Waals surface area contributed by atoms with Crippen molar-refractivity contribution in [2.75, 3.05) is 16.8 Å². The van der Waals surface area contributed by atoms with Gasteiger partial charge in [-0.3, -0.25) is 4.79 Å². The van der Waals surface area contributed by atoms with E-state index in [9.17, 15) is 18.0 Å². The van der Waals surface area contributed by atoms with Crippen LogP contribution < -0.4 is 10.2 Å². The van der Waals surface area contributed by atoms with Gasteiger partial charge in [-0.25, -0.2) is 19.5 Å². The fourth-order valence-electron chi connectivity index (χ4n) is 4.03. The topological polar surface area (TPSA) is 101 Å². The zero-order chi connectivity index (χ0) is 23.2. The summed E-state index contributed by atoms with van der Waals surface area (Å²) in [6, 6.07) is 3.21. The van der Waals surface area contributed by atoms with E-state index >= 15 is 0 Å². The minimum Gasteiger partial charge on any atom is -0.444 e. The van der Waals surface area contributed by atoms with E-state index in [1.807, 2.05) is 0 Å². The van der Waals surface area contributed by atoms with Crippen LogP contribution in [0, 0.1) is 6.92 Å². The number of alkyl halides is 3. The molecule has 1 N–H and O–H groups in total. The Morgan fingerprint density at radius 1 is 1.30 bits per heavy atom. The first-order valence-corrected chi connectivity index (χ1v) is 10.2. The highest BCUT2D eigenvalue weighted by Gasteiger charge is 2.46. The van der Waals surface area contributed by atoms with Crippen molar-refractivity contribution in [3.8, 4) is 11.3 Å². The summed E-state index contributed by atoms with van der Waals surface area (Å²) in [6.07, 6.45) is 1.91. The lowest BCUT2D eigenvalue weighted by Gasteiger charge is -2.27. The summed E-state index contributed by atoms with van der Waals surface area (Å²) in [7, 11) is 0. The molecule has 33 heavy (non-hydrogen) atoms. The number of fused-ring (bicyclic) bond motifs is 1. The van der Waals surface area contributed by atoms with Crippen LogP contribution in [-0.4, -0.2) is 49.2 Å². The monoisotopic (exact) mass is 457 g/mol. The molecule has 4 aromatic rings. The minimum absolute atomic E-state index is 0.00912. The van der Waals surface area contributed by atoms with E-state index in [0.717, 1.165) is 0 Å². The molecular weight excluding hydrogens is 439 g/mol. The lowest BCUT2D eigenvalue weighted by molar-refractivity contribution is -0.146. The smallest absolute Gasteiger partial charge is 0.408 e. The number of amides is 1. The molecule has 5 heterocycles. The van der Waals surface area contributed by atoms with E-state index in [-0.39, 0.29) is 35.8 Å². The van der Waals surface area contributed by atoms with Crippen molar-refractivity contribution >= 4 is 23.2 Å². The number of oxazole rings is 1. The van der Waals surface area contributed by atoms with Crippen molar-refractivity contribution < 1.29 is 22.4 Å². The second kappa shape index (κ2) is 7.87. The summed E-state index contributed by atoms with van der Waals surface area (Å²) >= 11 is 0. The molecule has 1 atom stereocenters. The molecule has 0 bridgehead atoms. The van der Waals surface area contributed by atoms with Crippen molar-refractivity contribution in [3.63, 3.8) is 0 Å². The molecule has 1 aliphatic heterocycles. The number of carbonyl (C=O) groups excluding carboxylic acids is 1. The van der Waals surface area contributed by atoms with E-state index in [1.54, 1.807) is 19.1 Å². The van der Waals surface area contributed by atoms with Crippen molar-refractivity contribution in [1.29, 1.82) is 0 Å². The molecule has 12 heteroatoms. The lowest BCUT2D eigenvalue weighted by Crippen LogP contribution is -2.41. The zero-order valence-corrected chi connectivity index (χ0v) is 17.4. The van der Waals surface area contributed by atoms with Crippen LogP contribution in [0.5, 0.6) is 0 Å². The molecule has 0 aliphatic carbocycles. The average molecular weight is 457 g/mol. The van der Waals surface area contributed by atoms with Gasteiger partial charge >= 0.3 is 6.18 Å². The summed E-state index contributed by atoms with van der Waals surface area (Å²) in [4.78, 5) is 26.7. The maximum absolute atomic E-state index is 13.4. The molecule has 5 rings (SSSR count). The van der Waals surface area contributed by atoms with Crippen LogP contribution in [0.25, 0.3) is 17.0 Å². The number of carbonyl (C=O) groups is 1. The van der Waals surface area contributed by atoms with Crippen molar-refractivity contribution in [2.45, 2.75) is 32.0 Å². The van der Waals surface area contributed by atoms with Gasteiger partial charge in [0.2, 0.25) is 0 Å². The molecule has 0 unspecified atom stereocenters. The van der Waals surface area contributed by atoms with Crippen LogP contribution >= 0.6 is 0 Å². The standard InChI is InChI=1S/C21H18F3N7O2/c1-12-18(20(32)27-16-9-13(4-6-26-16)14-10-25-11-33-14)19-28-17(5-8-31(19)29-12)30-7-2-3-15(30)21(22,23)24/h4-6,8-11,15H,2-3,7H2,1H3,(H,26,27,32)/t15-/m1/s1. The number of rotatable bonds is 4. The number of anilines is 2. The molecule has 170 valence electrons. The summed E-state index contributed by atoms with van der Waals surface area (Å²) < 4.78 is 46.9. The van der Waals surface area contributed by atoms with Crippen LogP contribution in [0.1, 0.15) is 28.9 Å². The molecular formula is C21H18F3N7O2. The number of nitrogens with zero attached hydrogens (tertiary/aromatic N) is 6. The third-order valence-electron chi connectivity index (χ3n) is 5.52. The molecule has 4 aromatic heterocycles. The van der Waals surface area contributed by atoms with E-state index < -0.39 is 18.1 Å². The molecule has 1 aliphatic rings. The lowest BCUT2D eigenvalue weighted by atomic mass is 10.2. The summed E-state index contributed by atoms with van der Waals surface area (Å²) in [5.41, 5.74) is 1.38. The number of aryl methyl sites for hydroxylation is 1. The molecule has 0 aromatic carbocycles. The van der Waals surface area contributed by atoms with Crippen molar-refractivity contribution in [2.24, 2.45) is 0 Å². The predicted octanol–water partition coefficient (Wildman–Crippen LogP) is 3.87. The van der Waals surface area contributed by atoms with E-state index in [4.69, 9.17) is 4.42 Å². The van der Waals surface area contributed by atoms with Crippen LogP contribution in [0.3, 0.4) is 0 Å². The molecule has 0 saturated carbocycles. The number of nitrogens with one attached hydrogen (secondary N) is 1. The first-order chi connectivity index (χ1) is 15.8. The highest BCUT2D eigenvalue weighted by Crippen LogP contribution is 2.35. The van der Waals surface area contributed by atoms with Gasteiger partial charge in [0.15, 0.2) is 17.8 Å². The second-order valence-electron chi connectivity index (χ2n) is 7.66. The fourth-order valence-corrected chi connectivity index (χ4v) is 4.03. The van der Waals surface area contributed by atoms with Crippen LogP contribution in [0.15, 0.2) is 47.6 Å². The molecule has 0 radical (unpaired) electrons. The Labute approximate surface area is 185 Å². The number of hydrogen-bond acceptors (Lipinski definition) is 7. The van der Waals surface area contributed by atoms with Gasteiger partial charge in [0.25, 0.3) is 5.91 Å². The van der Waals surface area contributed by atoms with Gasteiger partial charge in [0.1, 0.15) is 23.2 Å². The molecule has 0 spiro atoms. The van der Waals surface area contributed by atoms with Crippen LogP contribution in [0.2, 0.25) is 0 Å². The Morgan fingerprint density at radius 3 is 2.91 bits per heavy atom. The van der Waals surface area contributed by atoms with Gasteiger partial charge in [0, 0.05) is 24.5 Å². The Morgan fingerprint density at radius 2 is 2.15 bits per heavy atom. The number of aromatic nitrogens is 5. The van der Waals surface area contributed by atoms with Gasteiger partial charge in [-0.1, -0.05) is 0 Å². The summed E-state index contributed by atoms with van der Waals surface area (Å²) in [5, 5.41) is 6.98. The first kappa shape index (κ1) is 20.9. The maximum atomic E-state index is 13.4. The minimum atomic E-state index is -4.36. The zero-order valence-electron chi connectivity index (χ0n) is 17.4. The molecule has 1 amide bonds. The third kappa shape index (κ3) is 3.88. The highest BCUT2D eigenvalue weighted by molar-refractivity contribution is 6.09. The van der Waals surface area contributed by atoms with Gasteiger partial charge in [0.05, 0.1) is 11.9 Å². The number of hydrogen-bond donors (Lipinski definition) is 1. The van der Waals surface area contributed by atoms with E-state index in [2.05, 4.69) is 25.4 Å². The second-order valence-corrected chi connectivity index (χ2v) is 7.66. The Kier molecular flexibility index (Phi) is 4.99. The van der Waals surface area contributed by atoms with Gasteiger partial charge in [-0.15, -0.1) is 0 Å².